The number of nitrogens with one attached hydrogen (secondary N) is 1. The molecule has 0 bridgehead atoms. The van der Waals surface area contributed by atoms with Crippen molar-refractivity contribution < 1.29 is 18.7 Å². The minimum absolute atomic E-state index is 0.0589. The van der Waals surface area contributed by atoms with Crippen LogP contribution in [0.25, 0.3) is 0 Å². The van der Waals surface area contributed by atoms with E-state index in [1.54, 1.807) is 26.4 Å². The Balaban J connectivity index is 1.74. The van der Waals surface area contributed by atoms with Gasteiger partial charge in [0, 0.05) is 11.6 Å². The molecule has 0 aliphatic carbocycles. The Kier molecular flexibility index (Phi) is 5.96. The first kappa shape index (κ1) is 19.2. The molecule has 6 heteroatoms. The molecule has 1 N–H and O–H groups in total. The number of ether oxygens (including phenoxy) is 2. The summed E-state index contributed by atoms with van der Waals surface area (Å²) in [6.45, 7) is 2.80. The molecule has 1 amide bonds. The SMILES string of the molecule is COc1ccc(OC)c([C@H]2CCCN2CC(=O)Nc2ccc(C)cc2F)c1. The molecule has 0 aromatic heterocycles. The van der Waals surface area contributed by atoms with Gasteiger partial charge in [0.05, 0.1) is 26.5 Å². The molecule has 0 saturated carbocycles. The summed E-state index contributed by atoms with van der Waals surface area (Å²) in [5.74, 6) is 0.879. The molecule has 0 spiro atoms. The summed E-state index contributed by atoms with van der Waals surface area (Å²) < 4.78 is 24.8. The Morgan fingerprint density at radius 3 is 2.74 bits per heavy atom. The molecule has 3 rings (SSSR count). The standard InChI is InChI=1S/C21H25FN2O3/c1-14-6-8-18(17(22)11-14)23-21(25)13-24-10-4-5-19(24)16-12-15(26-2)7-9-20(16)27-3/h6-9,11-12,19H,4-5,10,13H2,1-3H3,(H,23,25)/t19-/m1/s1. The van der Waals surface area contributed by atoms with E-state index in [1.165, 1.54) is 6.07 Å². The number of carbonyl (C=O) groups is 1. The lowest BCUT2D eigenvalue weighted by atomic mass is 10.0. The first-order valence-electron chi connectivity index (χ1n) is 9.04. The summed E-state index contributed by atoms with van der Waals surface area (Å²) in [4.78, 5) is 14.6. The number of benzene rings is 2. The maximum atomic E-state index is 14.0. The maximum Gasteiger partial charge on any atom is 0.238 e. The van der Waals surface area contributed by atoms with Crippen LogP contribution in [0.4, 0.5) is 10.1 Å². The van der Waals surface area contributed by atoms with Crippen LogP contribution in [-0.2, 0) is 4.79 Å². The first-order chi connectivity index (χ1) is 13.0. The second-order valence-electron chi connectivity index (χ2n) is 6.77. The van der Waals surface area contributed by atoms with Gasteiger partial charge in [0.15, 0.2) is 0 Å². The smallest absolute Gasteiger partial charge is 0.238 e. The van der Waals surface area contributed by atoms with Gasteiger partial charge in [0.25, 0.3) is 0 Å². The molecule has 144 valence electrons. The monoisotopic (exact) mass is 372 g/mol. The van der Waals surface area contributed by atoms with Gasteiger partial charge in [0.2, 0.25) is 5.91 Å². The minimum atomic E-state index is -0.421. The fourth-order valence-electron chi connectivity index (χ4n) is 3.56. The van der Waals surface area contributed by atoms with Gasteiger partial charge in [-0.15, -0.1) is 0 Å². The molecule has 5 nitrogen and oxygen atoms in total. The number of rotatable bonds is 6. The van der Waals surface area contributed by atoms with Crippen molar-refractivity contribution in [3.63, 3.8) is 0 Å². The van der Waals surface area contributed by atoms with Crippen molar-refractivity contribution in [2.75, 3.05) is 32.6 Å². The molecule has 1 aliphatic heterocycles. The topological polar surface area (TPSA) is 50.8 Å². The van der Waals surface area contributed by atoms with Gasteiger partial charge in [-0.25, -0.2) is 4.39 Å². The third kappa shape index (κ3) is 4.39. The molecule has 0 unspecified atom stereocenters. The molecule has 1 saturated heterocycles. The number of amides is 1. The van der Waals surface area contributed by atoms with Gasteiger partial charge in [-0.2, -0.15) is 0 Å². The van der Waals surface area contributed by atoms with Crippen LogP contribution in [0.3, 0.4) is 0 Å². The van der Waals surface area contributed by atoms with Crippen LogP contribution in [0.15, 0.2) is 36.4 Å². The van der Waals surface area contributed by atoms with E-state index in [0.29, 0.717) is 0 Å². The maximum absolute atomic E-state index is 14.0. The molecule has 1 aliphatic rings. The highest BCUT2D eigenvalue weighted by Crippen LogP contribution is 2.38. The fourth-order valence-corrected chi connectivity index (χ4v) is 3.56. The van der Waals surface area contributed by atoms with E-state index in [9.17, 15) is 9.18 Å². The third-order valence-corrected chi connectivity index (χ3v) is 4.90. The molecular formula is C21H25FN2O3. The van der Waals surface area contributed by atoms with Crippen molar-refractivity contribution in [3.8, 4) is 11.5 Å². The Labute approximate surface area is 159 Å². The zero-order valence-corrected chi connectivity index (χ0v) is 15.9. The second kappa shape index (κ2) is 8.39. The summed E-state index contributed by atoms with van der Waals surface area (Å²) >= 11 is 0. The molecule has 27 heavy (non-hydrogen) atoms. The lowest BCUT2D eigenvalue weighted by Gasteiger charge is -2.26. The number of nitrogens with zero attached hydrogens (tertiary/aromatic N) is 1. The van der Waals surface area contributed by atoms with Crippen molar-refractivity contribution >= 4 is 11.6 Å². The third-order valence-electron chi connectivity index (χ3n) is 4.90. The molecule has 1 atom stereocenters. The van der Waals surface area contributed by atoms with Gasteiger partial charge in [-0.05, 0) is 62.2 Å². The van der Waals surface area contributed by atoms with Gasteiger partial charge in [0.1, 0.15) is 17.3 Å². The van der Waals surface area contributed by atoms with Crippen LogP contribution in [0.2, 0.25) is 0 Å². The summed E-state index contributed by atoms with van der Waals surface area (Å²) in [5.41, 5.74) is 2.03. The van der Waals surface area contributed by atoms with E-state index in [-0.39, 0.29) is 24.2 Å². The van der Waals surface area contributed by atoms with Crippen molar-refractivity contribution in [3.05, 3.63) is 53.3 Å². The van der Waals surface area contributed by atoms with Gasteiger partial charge >= 0.3 is 0 Å². The van der Waals surface area contributed by atoms with Crippen molar-refractivity contribution in [1.29, 1.82) is 0 Å². The van der Waals surface area contributed by atoms with Gasteiger partial charge in [-0.1, -0.05) is 6.07 Å². The van der Waals surface area contributed by atoms with Crippen LogP contribution in [-0.4, -0.2) is 38.1 Å². The van der Waals surface area contributed by atoms with Crippen molar-refractivity contribution in [2.45, 2.75) is 25.8 Å². The first-order valence-corrected chi connectivity index (χ1v) is 9.04. The summed E-state index contributed by atoms with van der Waals surface area (Å²) in [6.07, 6.45) is 1.91. The Hall–Kier alpha value is -2.60. The van der Waals surface area contributed by atoms with Gasteiger partial charge < -0.3 is 14.8 Å². The van der Waals surface area contributed by atoms with Crippen LogP contribution in [0.1, 0.15) is 30.0 Å². The average Bonchev–Trinajstić information content (AvgIpc) is 3.11. The second-order valence-corrected chi connectivity index (χ2v) is 6.77. The normalized spacial score (nSPS) is 17.0. The van der Waals surface area contributed by atoms with E-state index < -0.39 is 5.82 Å². The van der Waals surface area contributed by atoms with Crippen molar-refractivity contribution in [1.82, 2.24) is 4.90 Å². The highest BCUT2D eigenvalue weighted by atomic mass is 19.1. The van der Waals surface area contributed by atoms with E-state index in [4.69, 9.17) is 9.47 Å². The summed E-state index contributed by atoms with van der Waals surface area (Å²) in [6, 6.07) is 10.5. The zero-order chi connectivity index (χ0) is 19.4. The number of hydrogen-bond acceptors (Lipinski definition) is 4. The number of aryl methyl sites for hydroxylation is 1. The molecular weight excluding hydrogens is 347 g/mol. The lowest BCUT2D eigenvalue weighted by molar-refractivity contribution is -0.117. The molecule has 0 radical (unpaired) electrons. The Morgan fingerprint density at radius 2 is 2.04 bits per heavy atom. The number of likely N-dealkylation sites (tertiary alicyclic amines) is 1. The van der Waals surface area contributed by atoms with Crippen molar-refractivity contribution in [2.24, 2.45) is 0 Å². The van der Waals surface area contributed by atoms with Crippen LogP contribution in [0.5, 0.6) is 11.5 Å². The molecule has 1 fully saturated rings. The Morgan fingerprint density at radius 1 is 1.22 bits per heavy atom. The highest BCUT2D eigenvalue weighted by Gasteiger charge is 2.30. The predicted molar refractivity (Wildman–Crippen MR) is 103 cm³/mol. The minimum Gasteiger partial charge on any atom is -0.497 e. The largest absolute Gasteiger partial charge is 0.497 e. The summed E-state index contributed by atoms with van der Waals surface area (Å²) in [7, 11) is 3.26. The molecule has 2 aromatic rings. The van der Waals surface area contributed by atoms with E-state index >= 15 is 0 Å². The number of halogens is 1. The zero-order valence-electron chi connectivity index (χ0n) is 15.9. The number of anilines is 1. The number of methoxy groups -OCH3 is 2. The van der Waals surface area contributed by atoms with Crippen LogP contribution < -0.4 is 14.8 Å². The van der Waals surface area contributed by atoms with E-state index in [2.05, 4.69) is 10.2 Å². The quantitative estimate of drug-likeness (QED) is 0.835. The van der Waals surface area contributed by atoms with Crippen LogP contribution >= 0.6 is 0 Å². The fraction of sp³-hybridized carbons (Fsp3) is 0.381. The van der Waals surface area contributed by atoms with Gasteiger partial charge in [-0.3, -0.25) is 9.69 Å². The lowest BCUT2D eigenvalue weighted by Crippen LogP contribution is -2.33. The molecule has 2 aromatic carbocycles. The molecule has 1 heterocycles. The number of hydrogen-bond donors (Lipinski definition) is 1. The predicted octanol–water partition coefficient (Wildman–Crippen LogP) is 3.93. The van der Waals surface area contributed by atoms with E-state index in [1.807, 2.05) is 25.1 Å². The highest BCUT2D eigenvalue weighted by molar-refractivity contribution is 5.92. The van der Waals surface area contributed by atoms with Crippen LogP contribution in [0, 0.1) is 12.7 Å². The Bertz CT molecular complexity index is 825. The summed E-state index contributed by atoms with van der Waals surface area (Å²) in [5, 5.41) is 2.68. The van der Waals surface area contributed by atoms with E-state index in [0.717, 1.165) is 42.0 Å². The average molecular weight is 372 g/mol. The number of carbonyl (C=O) groups excluding carboxylic acids is 1.